The number of aromatic amines is 1. The summed E-state index contributed by atoms with van der Waals surface area (Å²) in [6.45, 7) is 3.68. The van der Waals surface area contributed by atoms with Crippen LogP contribution >= 0.6 is 0 Å². The van der Waals surface area contributed by atoms with Gasteiger partial charge in [0.1, 0.15) is 0 Å². The van der Waals surface area contributed by atoms with Crippen molar-refractivity contribution in [3.05, 3.63) is 40.7 Å². The molecule has 1 saturated heterocycles. The van der Waals surface area contributed by atoms with Gasteiger partial charge >= 0.3 is 5.97 Å². The van der Waals surface area contributed by atoms with Gasteiger partial charge in [-0.2, -0.15) is 0 Å². The zero-order valence-corrected chi connectivity index (χ0v) is 12.7. The number of piperidine rings is 1. The van der Waals surface area contributed by atoms with E-state index >= 15 is 0 Å². The maximum absolute atomic E-state index is 12.0. The molecule has 1 aliphatic rings. The van der Waals surface area contributed by atoms with Crippen molar-refractivity contribution < 1.29 is 9.53 Å². The molecule has 0 amide bonds. The molecular formula is C17H20N2O3. The highest BCUT2D eigenvalue weighted by molar-refractivity contribution is 5.91. The average Bonchev–Trinajstić information content (AvgIpc) is 2.54. The third-order valence-corrected chi connectivity index (χ3v) is 4.11. The van der Waals surface area contributed by atoms with Crippen LogP contribution in [0.25, 0.3) is 10.9 Å². The Bertz CT molecular complexity index is 738. The van der Waals surface area contributed by atoms with Crippen LogP contribution in [0.4, 0.5) is 5.69 Å². The summed E-state index contributed by atoms with van der Waals surface area (Å²) in [7, 11) is 0. The SMILES string of the molecule is CCOC(=O)C1CCCN(c2cc(=O)[nH]c3ccccc23)C1. The van der Waals surface area contributed by atoms with E-state index in [1.165, 1.54) is 0 Å². The number of fused-ring (bicyclic) bond motifs is 1. The number of carbonyl (C=O) groups is 1. The highest BCUT2D eigenvalue weighted by atomic mass is 16.5. The molecule has 116 valence electrons. The molecule has 0 radical (unpaired) electrons. The lowest BCUT2D eigenvalue weighted by Crippen LogP contribution is -2.40. The van der Waals surface area contributed by atoms with Gasteiger partial charge in [0.2, 0.25) is 5.56 Å². The van der Waals surface area contributed by atoms with Crippen molar-refractivity contribution in [1.82, 2.24) is 4.98 Å². The molecule has 1 unspecified atom stereocenters. The van der Waals surface area contributed by atoms with Gasteiger partial charge in [-0.15, -0.1) is 0 Å². The van der Waals surface area contributed by atoms with Gasteiger partial charge in [0.05, 0.1) is 23.7 Å². The zero-order valence-electron chi connectivity index (χ0n) is 12.7. The normalized spacial score (nSPS) is 18.4. The van der Waals surface area contributed by atoms with Crippen LogP contribution in [-0.4, -0.2) is 30.6 Å². The summed E-state index contributed by atoms with van der Waals surface area (Å²) in [5.41, 5.74) is 1.60. The van der Waals surface area contributed by atoms with E-state index < -0.39 is 0 Å². The Morgan fingerprint density at radius 3 is 3.05 bits per heavy atom. The van der Waals surface area contributed by atoms with Gasteiger partial charge in [0.15, 0.2) is 0 Å². The molecule has 1 atom stereocenters. The van der Waals surface area contributed by atoms with Crippen molar-refractivity contribution in [2.75, 3.05) is 24.6 Å². The quantitative estimate of drug-likeness (QED) is 0.884. The van der Waals surface area contributed by atoms with Crippen molar-refractivity contribution in [2.45, 2.75) is 19.8 Å². The fourth-order valence-electron chi connectivity index (χ4n) is 3.10. The minimum Gasteiger partial charge on any atom is -0.466 e. The molecule has 1 fully saturated rings. The third kappa shape index (κ3) is 2.84. The molecule has 1 aromatic heterocycles. The predicted octanol–water partition coefficient (Wildman–Crippen LogP) is 2.31. The first-order valence-electron chi connectivity index (χ1n) is 7.72. The van der Waals surface area contributed by atoms with Crippen LogP contribution in [0.15, 0.2) is 35.1 Å². The second kappa shape index (κ2) is 6.22. The highest BCUT2D eigenvalue weighted by Crippen LogP contribution is 2.28. The number of hydrogen-bond donors (Lipinski definition) is 1. The number of hydrogen-bond acceptors (Lipinski definition) is 4. The zero-order chi connectivity index (χ0) is 15.5. The Balaban J connectivity index is 1.93. The second-order valence-corrected chi connectivity index (χ2v) is 5.60. The van der Waals surface area contributed by atoms with Gasteiger partial charge in [0, 0.05) is 24.5 Å². The lowest BCUT2D eigenvalue weighted by atomic mass is 9.97. The highest BCUT2D eigenvalue weighted by Gasteiger charge is 2.27. The number of rotatable bonds is 3. The van der Waals surface area contributed by atoms with Crippen molar-refractivity contribution in [2.24, 2.45) is 5.92 Å². The number of nitrogens with zero attached hydrogens (tertiary/aromatic N) is 1. The standard InChI is InChI=1S/C17H20N2O3/c1-2-22-17(21)12-6-5-9-19(11-12)15-10-16(20)18-14-8-4-3-7-13(14)15/h3-4,7-8,10,12H,2,5-6,9,11H2,1H3,(H,18,20). The van der Waals surface area contributed by atoms with E-state index in [1.807, 2.05) is 31.2 Å². The molecule has 0 saturated carbocycles. The fraction of sp³-hybridized carbons (Fsp3) is 0.412. The van der Waals surface area contributed by atoms with Crippen LogP contribution in [0.1, 0.15) is 19.8 Å². The van der Waals surface area contributed by atoms with E-state index in [4.69, 9.17) is 4.74 Å². The number of aromatic nitrogens is 1. The van der Waals surface area contributed by atoms with E-state index in [0.717, 1.165) is 36.0 Å². The number of carbonyl (C=O) groups excluding carboxylic acids is 1. The van der Waals surface area contributed by atoms with E-state index in [9.17, 15) is 9.59 Å². The van der Waals surface area contributed by atoms with Gasteiger partial charge < -0.3 is 14.6 Å². The first-order valence-corrected chi connectivity index (χ1v) is 7.72. The van der Waals surface area contributed by atoms with Gasteiger partial charge in [-0.25, -0.2) is 0 Å². The third-order valence-electron chi connectivity index (χ3n) is 4.11. The number of nitrogens with one attached hydrogen (secondary N) is 1. The molecule has 5 heteroatoms. The predicted molar refractivity (Wildman–Crippen MR) is 86.1 cm³/mol. The number of esters is 1. The molecule has 0 bridgehead atoms. The smallest absolute Gasteiger partial charge is 0.310 e. The summed E-state index contributed by atoms with van der Waals surface area (Å²) in [6.07, 6.45) is 1.76. The molecule has 2 heterocycles. The molecule has 22 heavy (non-hydrogen) atoms. The van der Waals surface area contributed by atoms with Crippen molar-refractivity contribution >= 4 is 22.6 Å². The summed E-state index contributed by atoms with van der Waals surface area (Å²) in [4.78, 5) is 28.9. The summed E-state index contributed by atoms with van der Waals surface area (Å²) >= 11 is 0. The number of benzene rings is 1. The van der Waals surface area contributed by atoms with Gasteiger partial charge in [-0.3, -0.25) is 9.59 Å². The van der Waals surface area contributed by atoms with Crippen molar-refractivity contribution in [3.8, 4) is 0 Å². The molecule has 2 aromatic rings. The Morgan fingerprint density at radius 1 is 1.41 bits per heavy atom. The monoisotopic (exact) mass is 300 g/mol. The summed E-state index contributed by atoms with van der Waals surface area (Å²) in [6, 6.07) is 9.37. The Kier molecular flexibility index (Phi) is 4.13. The van der Waals surface area contributed by atoms with Crippen LogP contribution in [-0.2, 0) is 9.53 Å². The number of ether oxygens (including phenoxy) is 1. The van der Waals surface area contributed by atoms with Crippen molar-refractivity contribution in [3.63, 3.8) is 0 Å². The number of pyridine rings is 1. The molecule has 0 spiro atoms. The summed E-state index contributed by atoms with van der Waals surface area (Å²) in [5.74, 6) is -0.256. The Hall–Kier alpha value is -2.30. The fourth-order valence-corrected chi connectivity index (χ4v) is 3.10. The van der Waals surface area contributed by atoms with E-state index in [0.29, 0.717) is 13.2 Å². The van der Waals surface area contributed by atoms with E-state index in [2.05, 4.69) is 9.88 Å². The van der Waals surface area contributed by atoms with Crippen LogP contribution in [0.3, 0.4) is 0 Å². The first kappa shape index (κ1) is 14.6. The molecule has 1 aliphatic heterocycles. The Labute approximate surface area is 128 Å². The number of para-hydroxylation sites is 1. The average molecular weight is 300 g/mol. The van der Waals surface area contributed by atoms with Crippen LogP contribution < -0.4 is 10.5 Å². The van der Waals surface area contributed by atoms with Crippen LogP contribution in [0.5, 0.6) is 0 Å². The number of anilines is 1. The Morgan fingerprint density at radius 2 is 2.23 bits per heavy atom. The van der Waals surface area contributed by atoms with E-state index in [-0.39, 0.29) is 17.4 Å². The molecular weight excluding hydrogens is 280 g/mol. The maximum Gasteiger partial charge on any atom is 0.310 e. The number of H-pyrrole nitrogens is 1. The molecule has 1 N–H and O–H groups in total. The lowest BCUT2D eigenvalue weighted by Gasteiger charge is -2.33. The lowest BCUT2D eigenvalue weighted by molar-refractivity contribution is -0.148. The molecule has 1 aromatic carbocycles. The van der Waals surface area contributed by atoms with Gasteiger partial charge in [-0.05, 0) is 25.8 Å². The topological polar surface area (TPSA) is 62.4 Å². The summed E-state index contributed by atoms with van der Waals surface area (Å²) in [5, 5.41) is 1.01. The van der Waals surface area contributed by atoms with Crippen molar-refractivity contribution in [1.29, 1.82) is 0 Å². The van der Waals surface area contributed by atoms with Crippen LogP contribution in [0.2, 0.25) is 0 Å². The maximum atomic E-state index is 12.0. The minimum absolute atomic E-state index is 0.119. The van der Waals surface area contributed by atoms with Crippen LogP contribution in [0, 0.1) is 5.92 Å². The molecule has 0 aliphatic carbocycles. The minimum atomic E-state index is -0.138. The molecule has 3 rings (SSSR count). The second-order valence-electron chi connectivity index (χ2n) is 5.60. The van der Waals surface area contributed by atoms with E-state index in [1.54, 1.807) is 6.07 Å². The van der Waals surface area contributed by atoms with Gasteiger partial charge in [0.25, 0.3) is 0 Å². The first-order chi connectivity index (χ1) is 10.7. The van der Waals surface area contributed by atoms with Gasteiger partial charge in [-0.1, -0.05) is 18.2 Å². The summed E-state index contributed by atoms with van der Waals surface area (Å²) < 4.78 is 5.14. The largest absolute Gasteiger partial charge is 0.466 e. The molecule has 5 nitrogen and oxygen atoms in total.